The summed E-state index contributed by atoms with van der Waals surface area (Å²) >= 11 is 0. The fourth-order valence-corrected chi connectivity index (χ4v) is 4.59. The van der Waals surface area contributed by atoms with Crippen LogP contribution < -0.4 is 14.8 Å². The number of urea groups is 1. The summed E-state index contributed by atoms with van der Waals surface area (Å²) < 4.78 is 45.3. The lowest BCUT2D eigenvalue weighted by atomic mass is 10.0. The number of carbonyl (C=O) groups excluding carboxylic acids is 2. The summed E-state index contributed by atoms with van der Waals surface area (Å²) in [6, 6.07) is 9.22. The number of ether oxygens (including phenoxy) is 1. The molecule has 2 aromatic rings. The summed E-state index contributed by atoms with van der Waals surface area (Å²) in [5.41, 5.74) is 1.21. The van der Waals surface area contributed by atoms with Crippen LogP contribution in [0.25, 0.3) is 0 Å². The van der Waals surface area contributed by atoms with Crippen LogP contribution in [0.15, 0.2) is 42.5 Å². The van der Waals surface area contributed by atoms with Crippen LogP contribution in [0, 0.1) is 11.7 Å². The van der Waals surface area contributed by atoms with E-state index in [1.807, 2.05) is 6.92 Å². The summed E-state index contributed by atoms with van der Waals surface area (Å²) in [5, 5.41) is 12.5. The summed E-state index contributed by atoms with van der Waals surface area (Å²) in [7, 11) is -1.94. The van der Waals surface area contributed by atoms with Crippen molar-refractivity contribution in [3.8, 4) is 5.75 Å². The van der Waals surface area contributed by atoms with E-state index in [1.54, 1.807) is 37.1 Å². The number of nitrogens with zero attached hydrogens (tertiary/aromatic N) is 2. The van der Waals surface area contributed by atoms with E-state index in [0.717, 1.165) is 6.26 Å². The first kappa shape index (κ1) is 28.2. The van der Waals surface area contributed by atoms with E-state index in [4.69, 9.17) is 4.74 Å². The molecule has 10 nitrogen and oxygen atoms in total. The number of sulfonamides is 1. The van der Waals surface area contributed by atoms with E-state index in [0.29, 0.717) is 22.7 Å². The van der Waals surface area contributed by atoms with Crippen LogP contribution in [-0.2, 0) is 21.2 Å². The number of carbonyl (C=O) groups is 2. The van der Waals surface area contributed by atoms with Gasteiger partial charge in [0.2, 0.25) is 15.9 Å². The van der Waals surface area contributed by atoms with Gasteiger partial charge in [-0.1, -0.05) is 6.92 Å². The number of fused-ring (bicyclic) bond motifs is 1. The van der Waals surface area contributed by atoms with Crippen LogP contribution >= 0.6 is 0 Å². The number of amides is 3. The lowest BCUT2D eigenvalue weighted by molar-refractivity contribution is -0.134. The Labute approximate surface area is 216 Å². The van der Waals surface area contributed by atoms with E-state index < -0.39 is 34.0 Å². The minimum Gasteiger partial charge on any atom is -0.488 e. The predicted molar refractivity (Wildman–Crippen MR) is 139 cm³/mol. The highest BCUT2D eigenvalue weighted by Gasteiger charge is 2.32. The smallest absolute Gasteiger partial charge is 0.321 e. The van der Waals surface area contributed by atoms with Gasteiger partial charge in [-0.2, -0.15) is 0 Å². The number of halogens is 1. The van der Waals surface area contributed by atoms with Crippen LogP contribution in [0.3, 0.4) is 0 Å². The molecule has 1 heterocycles. The van der Waals surface area contributed by atoms with Crippen LogP contribution in [0.2, 0.25) is 0 Å². The molecule has 2 aromatic carbocycles. The van der Waals surface area contributed by atoms with Gasteiger partial charge in [0.25, 0.3) is 0 Å². The van der Waals surface area contributed by atoms with Crippen LogP contribution in [0.4, 0.5) is 20.6 Å². The fourth-order valence-electron chi connectivity index (χ4n) is 4.03. The molecule has 1 aliphatic heterocycles. The van der Waals surface area contributed by atoms with Crippen LogP contribution in [0.5, 0.6) is 5.75 Å². The van der Waals surface area contributed by atoms with Crippen molar-refractivity contribution in [1.82, 2.24) is 9.80 Å². The molecule has 202 valence electrons. The number of aliphatic hydroxyl groups excluding tert-OH is 1. The Hall–Kier alpha value is -3.38. The molecule has 1 aliphatic rings. The molecule has 3 amide bonds. The Morgan fingerprint density at radius 2 is 1.89 bits per heavy atom. The normalized spacial score (nSPS) is 19.0. The monoisotopic (exact) mass is 536 g/mol. The second-order valence-corrected chi connectivity index (χ2v) is 11.2. The van der Waals surface area contributed by atoms with E-state index in [2.05, 4.69) is 10.0 Å². The summed E-state index contributed by atoms with van der Waals surface area (Å²) in [6.07, 6.45) is 0.431. The standard InChI is InChI=1S/C25H33FN4O6S/c1-16-13-30(17(2)15-31)24(32)12-18-11-21(28-37(4,34)35)9-10-22(18)36-23(16)14-29(3)25(33)27-20-7-5-19(26)6-8-20/h5-11,16-17,23,28,31H,12-15H2,1-4H3,(H,27,33)/t16-,17+,23-/m0/s1. The molecular formula is C25H33FN4O6S. The molecule has 3 atom stereocenters. The first-order valence-corrected chi connectivity index (χ1v) is 13.7. The third kappa shape index (κ3) is 7.80. The molecule has 0 aliphatic carbocycles. The van der Waals surface area contributed by atoms with Crippen molar-refractivity contribution in [1.29, 1.82) is 0 Å². The van der Waals surface area contributed by atoms with Crippen molar-refractivity contribution in [2.45, 2.75) is 32.4 Å². The highest BCUT2D eigenvalue weighted by atomic mass is 32.2. The zero-order valence-electron chi connectivity index (χ0n) is 21.3. The molecule has 0 radical (unpaired) electrons. The van der Waals surface area contributed by atoms with E-state index in [-0.39, 0.29) is 37.9 Å². The highest BCUT2D eigenvalue weighted by molar-refractivity contribution is 7.92. The molecule has 37 heavy (non-hydrogen) atoms. The number of anilines is 2. The van der Waals surface area contributed by atoms with Gasteiger partial charge in [0.05, 0.1) is 31.9 Å². The third-order valence-electron chi connectivity index (χ3n) is 6.12. The zero-order chi connectivity index (χ0) is 27.3. The Morgan fingerprint density at radius 3 is 2.51 bits per heavy atom. The number of likely N-dealkylation sites (N-methyl/N-ethyl adjacent to an activating group) is 1. The van der Waals surface area contributed by atoms with Crippen molar-refractivity contribution in [2.75, 3.05) is 43.0 Å². The maximum atomic E-state index is 13.2. The molecule has 0 saturated heterocycles. The van der Waals surface area contributed by atoms with E-state index in [9.17, 15) is 27.5 Å². The summed E-state index contributed by atoms with van der Waals surface area (Å²) in [4.78, 5) is 29.0. The second kappa shape index (κ2) is 11.8. The Morgan fingerprint density at radius 1 is 1.24 bits per heavy atom. The van der Waals surface area contributed by atoms with Gasteiger partial charge in [-0.25, -0.2) is 17.6 Å². The van der Waals surface area contributed by atoms with Crippen molar-refractivity contribution in [3.05, 3.63) is 53.8 Å². The SMILES string of the molecule is C[C@H](CO)N1C[C@H](C)[C@H](CN(C)C(=O)Nc2ccc(F)cc2)Oc2ccc(NS(C)(=O)=O)cc2CC1=O. The van der Waals surface area contributed by atoms with E-state index >= 15 is 0 Å². The molecule has 0 aromatic heterocycles. The Kier molecular flexibility index (Phi) is 8.98. The highest BCUT2D eigenvalue weighted by Crippen LogP contribution is 2.29. The molecule has 12 heteroatoms. The summed E-state index contributed by atoms with van der Waals surface area (Å²) in [5.74, 6) is -0.490. The van der Waals surface area contributed by atoms with Gasteiger partial charge in [0, 0.05) is 36.4 Å². The molecular weight excluding hydrogens is 503 g/mol. The third-order valence-corrected chi connectivity index (χ3v) is 6.72. The van der Waals surface area contributed by atoms with Crippen molar-refractivity contribution in [2.24, 2.45) is 5.92 Å². The van der Waals surface area contributed by atoms with Crippen molar-refractivity contribution in [3.63, 3.8) is 0 Å². The Bertz CT molecular complexity index is 1220. The number of hydrogen-bond donors (Lipinski definition) is 3. The van der Waals surface area contributed by atoms with Gasteiger partial charge in [-0.05, 0) is 49.4 Å². The van der Waals surface area contributed by atoms with Gasteiger partial charge < -0.3 is 25.0 Å². The predicted octanol–water partition coefficient (Wildman–Crippen LogP) is 2.51. The molecule has 0 bridgehead atoms. The maximum absolute atomic E-state index is 13.2. The first-order chi connectivity index (χ1) is 17.4. The first-order valence-electron chi connectivity index (χ1n) is 11.8. The topological polar surface area (TPSA) is 128 Å². The zero-order valence-corrected chi connectivity index (χ0v) is 22.1. The van der Waals surface area contributed by atoms with Gasteiger partial charge in [0.15, 0.2) is 0 Å². The number of aliphatic hydroxyl groups is 1. The Balaban J connectivity index is 1.89. The average molecular weight is 537 g/mol. The van der Waals surface area contributed by atoms with Crippen molar-refractivity contribution >= 4 is 33.3 Å². The van der Waals surface area contributed by atoms with Crippen molar-refractivity contribution < 1.29 is 32.2 Å². The molecule has 0 saturated carbocycles. The molecule has 0 spiro atoms. The number of nitrogens with one attached hydrogen (secondary N) is 2. The fraction of sp³-hybridized carbons (Fsp3) is 0.440. The lowest BCUT2D eigenvalue weighted by Crippen LogP contribution is -2.48. The quantitative estimate of drug-likeness (QED) is 0.499. The molecule has 3 rings (SSSR count). The molecule has 3 N–H and O–H groups in total. The number of hydrogen-bond acceptors (Lipinski definition) is 6. The maximum Gasteiger partial charge on any atom is 0.321 e. The molecule has 0 fully saturated rings. The van der Waals surface area contributed by atoms with E-state index in [1.165, 1.54) is 29.2 Å². The largest absolute Gasteiger partial charge is 0.488 e. The molecule has 0 unspecified atom stereocenters. The number of rotatable bonds is 7. The average Bonchev–Trinajstić information content (AvgIpc) is 2.87. The van der Waals surface area contributed by atoms with Gasteiger partial charge in [0.1, 0.15) is 17.7 Å². The van der Waals surface area contributed by atoms with Gasteiger partial charge in [-0.15, -0.1) is 0 Å². The summed E-state index contributed by atoms with van der Waals surface area (Å²) in [6.45, 7) is 3.84. The second-order valence-electron chi connectivity index (χ2n) is 9.40. The van der Waals surface area contributed by atoms with Gasteiger partial charge >= 0.3 is 6.03 Å². The number of benzene rings is 2. The van der Waals surface area contributed by atoms with Crippen LogP contribution in [0.1, 0.15) is 19.4 Å². The van der Waals surface area contributed by atoms with Crippen LogP contribution in [-0.4, -0.2) is 80.4 Å². The van der Waals surface area contributed by atoms with Gasteiger partial charge in [-0.3, -0.25) is 9.52 Å². The minimum atomic E-state index is -3.53. The minimum absolute atomic E-state index is 0.0563. The lowest BCUT2D eigenvalue weighted by Gasteiger charge is -2.34.